The van der Waals surface area contributed by atoms with Crippen LogP contribution in [0.3, 0.4) is 0 Å². The molecule has 3 N–H and O–H groups in total. The fourth-order valence-electron chi connectivity index (χ4n) is 2.08. The molecule has 0 bridgehead atoms. The zero-order valence-corrected chi connectivity index (χ0v) is 11.2. The average molecular weight is 246 g/mol. The van der Waals surface area contributed by atoms with Gasteiger partial charge in [0.2, 0.25) is 0 Å². The van der Waals surface area contributed by atoms with Gasteiger partial charge in [-0.3, -0.25) is 5.41 Å². The molecular weight excluding hydrogens is 224 g/mol. The van der Waals surface area contributed by atoms with Crippen LogP contribution in [0.25, 0.3) is 0 Å². The Kier molecular flexibility index (Phi) is 3.84. The Morgan fingerprint density at radius 2 is 2.28 bits per heavy atom. The number of aromatic nitrogens is 1. The molecule has 4 heteroatoms. The number of amidine groups is 1. The third-order valence-corrected chi connectivity index (χ3v) is 3.28. The molecule has 1 aromatic heterocycles. The maximum Gasteiger partial charge on any atom is 0.139 e. The van der Waals surface area contributed by atoms with Gasteiger partial charge in [-0.25, -0.2) is 4.98 Å². The van der Waals surface area contributed by atoms with E-state index in [1.165, 1.54) is 12.8 Å². The van der Waals surface area contributed by atoms with Crippen molar-refractivity contribution in [2.24, 2.45) is 11.7 Å². The predicted octanol–water partition coefficient (Wildman–Crippen LogP) is 2.38. The maximum atomic E-state index is 7.66. The van der Waals surface area contributed by atoms with Crippen molar-refractivity contribution in [1.29, 1.82) is 5.41 Å². The highest BCUT2D eigenvalue weighted by molar-refractivity contribution is 5.99. The van der Waals surface area contributed by atoms with Crippen LogP contribution in [0.4, 0.5) is 5.82 Å². The smallest absolute Gasteiger partial charge is 0.139 e. The van der Waals surface area contributed by atoms with Crippen molar-refractivity contribution < 1.29 is 0 Å². The lowest BCUT2D eigenvalue weighted by molar-refractivity contribution is 0.568. The Bertz CT molecular complexity index is 424. The minimum absolute atomic E-state index is 0.105. The summed E-state index contributed by atoms with van der Waals surface area (Å²) >= 11 is 0. The molecule has 1 aliphatic rings. The van der Waals surface area contributed by atoms with Crippen LogP contribution in [0.15, 0.2) is 18.3 Å². The second-order valence-corrected chi connectivity index (χ2v) is 5.40. The molecule has 1 aromatic rings. The summed E-state index contributed by atoms with van der Waals surface area (Å²) < 4.78 is 0. The summed E-state index contributed by atoms with van der Waals surface area (Å²) in [6.45, 7) is 5.46. The second-order valence-electron chi connectivity index (χ2n) is 5.40. The van der Waals surface area contributed by atoms with Gasteiger partial charge in [0.25, 0.3) is 0 Å². The Labute approximate surface area is 109 Å². The van der Waals surface area contributed by atoms with Crippen molar-refractivity contribution in [3.63, 3.8) is 0 Å². The van der Waals surface area contributed by atoms with Gasteiger partial charge in [0.05, 0.1) is 5.56 Å². The van der Waals surface area contributed by atoms with Gasteiger partial charge in [-0.15, -0.1) is 0 Å². The average Bonchev–Trinajstić information content (AvgIpc) is 3.14. The van der Waals surface area contributed by atoms with E-state index in [4.69, 9.17) is 11.1 Å². The first-order chi connectivity index (χ1) is 8.59. The summed E-state index contributed by atoms with van der Waals surface area (Å²) in [4.78, 5) is 6.77. The van der Waals surface area contributed by atoms with E-state index >= 15 is 0 Å². The van der Waals surface area contributed by atoms with Crippen molar-refractivity contribution in [3.05, 3.63) is 23.9 Å². The molecule has 0 spiro atoms. The second kappa shape index (κ2) is 5.38. The van der Waals surface area contributed by atoms with Gasteiger partial charge >= 0.3 is 0 Å². The lowest BCUT2D eigenvalue weighted by Crippen LogP contribution is -2.31. The molecule has 0 aromatic carbocycles. The van der Waals surface area contributed by atoms with Crippen LogP contribution in [-0.2, 0) is 0 Å². The Balaban J connectivity index is 2.22. The molecular formula is C14H22N4. The minimum atomic E-state index is 0.105. The number of rotatable bonds is 6. The molecule has 0 amide bonds. The fraction of sp³-hybridized carbons (Fsp3) is 0.571. The number of nitrogens with one attached hydrogen (secondary N) is 1. The molecule has 0 radical (unpaired) electrons. The van der Waals surface area contributed by atoms with E-state index in [1.54, 1.807) is 6.20 Å². The number of anilines is 1. The van der Waals surface area contributed by atoms with Crippen molar-refractivity contribution >= 4 is 11.7 Å². The standard InChI is InChI=1S/C14H22N4/c1-10(2)7-9-18(11-5-6-11)14-12(13(15)16)4-3-8-17-14/h3-4,8,10-11H,5-7,9H2,1-2H3,(H3,15,16). The van der Waals surface area contributed by atoms with E-state index in [2.05, 4.69) is 23.7 Å². The van der Waals surface area contributed by atoms with E-state index in [0.717, 1.165) is 24.3 Å². The molecule has 1 heterocycles. The quantitative estimate of drug-likeness (QED) is 0.598. The lowest BCUT2D eigenvalue weighted by Gasteiger charge is -2.26. The minimum Gasteiger partial charge on any atom is -0.384 e. The molecule has 1 fully saturated rings. The Hall–Kier alpha value is -1.58. The largest absolute Gasteiger partial charge is 0.384 e. The van der Waals surface area contributed by atoms with Crippen molar-refractivity contribution in [1.82, 2.24) is 4.98 Å². The molecule has 0 unspecified atom stereocenters. The Morgan fingerprint density at radius 3 is 2.83 bits per heavy atom. The van der Waals surface area contributed by atoms with Gasteiger partial charge in [-0.1, -0.05) is 13.8 Å². The summed E-state index contributed by atoms with van der Waals surface area (Å²) in [5, 5.41) is 7.66. The molecule has 1 saturated carbocycles. The van der Waals surface area contributed by atoms with Gasteiger partial charge in [0.1, 0.15) is 11.7 Å². The zero-order valence-electron chi connectivity index (χ0n) is 11.2. The number of hydrogen-bond acceptors (Lipinski definition) is 3. The van der Waals surface area contributed by atoms with Gasteiger partial charge in [-0.05, 0) is 37.3 Å². The van der Waals surface area contributed by atoms with Crippen LogP contribution in [0.1, 0.15) is 38.7 Å². The summed E-state index contributed by atoms with van der Waals surface area (Å²) in [5.74, 6) is 1.66. The van der Waals surface area contributed by atoms with E-state index in [9.17, 15) is 0 Å². The highest BCUT2D eigenvalue weighted by Crippen LogP contribution is 2.32. The molecule has 1 aliphatic carbocycles. The number of nitrogen functional groups attached to an aromatic ring is 1. The first-order valence-electron chi connectivity index (χ1n) is 6.65. The third-order valence-electron chi connectivity index (χ3n) is 3.28. The van der Waals surface area contributed by atoms with Crippen molar-refractivity contribution in [2.75, 3.05) is 11.4 Å². The monoisotopic (exact) mass is 246 g/mol. The van der Waals surface area contributed by atoms with E-state index in [-0.39, 0.29) is 5.84 Å². The number of nitrogens with two attached hydrogens (primary N) is 1. The van der Waals surface area contributed by atoms with Crippen molar-refractivity contribution in [2.45, 2.75) is 39.2 Å². The SMILES string of the molecule is CC(C)CCN(c1ncccc1C(=N)N)C1CC1. The van der Waals surface area contributed by atoms with Gasteiger partial charge in [0.15, 0.2) is 0 Å². The highest BCUT2D eigenvalue weighted by Gasteiger charge is 2.31. The molecule has 0 atom stereocenters. The topological polar surface area (TPSA) is 66.0 Å². The van der Waals surface area contributed by atoms with E-state index in [0.29, 0.717) is 12.0 Å². The first kappa shape index (κ1) is 12.9. The summed E-state index contributed by atoms with van der Waals surface area (Å²) in [6.07, 6.45) is 5.38. The van der Waals surface area contributed by atoms with Gasteiger partial charge in [0, 0.05) is 18.8 Å². The van der Waals surface area contributed by atoms with E-state index in [1.807, 2.05) is 12.1 Å². The number of nitrogens with zero attached hydrogens (tertiary/aromatic N) is 2. The highest BCUT2D eigenvalue weighted by atomic mass is 15.2. The molecule has 2 rings (SSSR count). The fourth-order valence-corrected chi connectivity index (χ4v) is 2.08. The summed E-state index contributed by atoms with van der Waals surface area (Å²) in [5.41, 5.74) is 6.40. The summed E-state index contributed by atoms with van der Waals surface area (Å²) in [7, 11) is 0. The zero-order chi connectivity index (χ0) is 13.1. The first-order valence-corrected chi connectivity index (χ1v) is 6.65. The van der Waals surface area contributed by atoms with E-state index < -0.39 is 0 Å². The van der Waals surface area contributed by atoms with Gasteiger partial charge in [-0.2, -0.15) is 0 Å². The molecule has 4 nitrogen and oxygen atoms in total. The van der Waals surface area contributed by atoms with Crippen LogP contribution in [-0.4, -0.2) is 23.4 Å². The number of hydrogen-bond donors (Lipinski definition) is 2. The summed E-state index contributed by atoms with van der Waals surface area (Å²) in [6, 6.07) is 4.32. The molecule has 18 heavy (non-hydrogen) atoms. The van der Waals surface area contributed by atoms with Gasteiger partial charge < -0.3 is 10.6 Å². The lowest BCUT2D eigenvalue weighted by atomic mass is 10.1. The molecule has 0 aliphatic heterocycles. The Morgan fingerprint density at radius 1 is 1.56 bits per heavy atom. The van der Waals surface area contributed by atoms with Crippen LogP contribution in [0, 0.1) is 11.3 Å². The maximum absolute atomic E-state index is 7.66. The van der Waals surface area contributed by atoms with Crippen LogP contribution in [0.2, 0.25) is 0 Å². The van der Waals surface area contributed by atoms with Crippen LogP contribution < -0.4 is 10.6 Å². The van der Waals surface area contributed by atoms with Crippen LogP contribution in [0.5, 0.6) is 0 Å². The van der Waals surface area contributed by atoms with Crippen LogP contribution >= 0.6 is 0 Å². The third kappa shape index (κ3) is 3.00. The van der Waals surface area contributed by atoms with Crippen molar-refractivity contribution in [3.8, 4) is 0 Å². The molecule has 0 saturated heterocycles. The predicted molar refractivity (Wildman–Crippen MR) is 75.1 cm³/mol. The molecule has 98 valence electrons. The normalized spacial score (nSPS) is 14.8. The number of pyridine rings is 1.